The standard InChI is InChI=1S/C12H15N3O2/c1-15(6-3-7-17-2)12(16)11-5-4-10(8-13)9-14-11/h4-5,9H,3,6-7H2,1-2H3. The van der Waals surface area contributed by atoms with Crippen molar-refractivity contribution in [2.24, 2.45) is 0 Å². The highest BCUT2D eigenvalue weighted by Crippen LogP contribution is 2.03. The molecule has 5 heteroatoms. The van der Waals surface area contributed by atoms with Gasteiger partial charge in [0.1, 0.15) is 11.8 Å². The summed E-state index contributed by atoms with van der Waals surface area (Å²) < 4.78 is 4.92. The van der Waals surface area contributed by atoms with Crippen molar-refractivity contribution in [2.45, 2.75) is 6.42 Å². The van der Waals surface area contributed by atoms with E-state index in [1.165, 1.54) is 6.20 Å². The Hall–Kier alpha value is -1.93. The first-order valence-electron chi connectivity index (χ1n) is 5.29. The summed E-state index contributed by atoms with van der Waals surface area (Å²) in [6.45, 7) is 1.24. The van der Waals surface area contributed by atoms with Gasteiger partial charge in [-0.25, -0.2) is 4.98 Å². The van der Waals surface area contributed by atoms with Crippen LogP contribution in [-0.2, 0) is 4.74 Å². The number of carbonyl (C=O) groups is 1. The SMILES string of the molecule is COCCCN(C)C(=O)c1ccc(C#N)cn1. The van der Waals surface area contributed by atoms with E-state index < -0.39 is 0 Å². The van der Waals surface area contributed by atoms with Gasteiger partial charge < -0.3 is 9.64 Å². The lowest BCUT2D eigenvalue weighted by Gasteiger charge is -2.16. The number of carbonyl (C=O) groups excluding carboxylic acids is 1. The number of nitrogens with zero attached hydrogens (tertiary/aromatic N) is 3. The number of hydrogen-bond donors (Lipinski definition) is 0. The maximum Gasteiger partial charge on any atom is 0.272 e. The second kappa shape index (κ2) is 6.61. The van der Waals surface area contributed by atoms with E-state index >= 15 is 0 Å². The zero-order valence-electron chi connectivity index (χ0n) is 10.0. The van der Waals surface area contributed by atoms with E-state index in [2.05, 4.69) is 4.98 Å². The Labute approximate surface area is 101 Å². The molecule has 1 amide bonds. The van der Waals surface area contributed by atoms with Crippen molar-refractivity contribution in [2.75, 3.05) is 27.3 Å². The molecule has 0 saturated carbocycles. The minimum absolute atomic E-state index is 0.148. The number of aromatic nitrogens is 1. The molecule has 0 saturated heterocycles. The molecule has 1 aromatic heterocycles. The van der Waals surface area contributed by atoms with Gasteiger partial charge in [-0.15, -0.1) is 0 Å². The second-order valence-electron chi connectivity index (χ2n) is 3.62. The van der Waals surface area contributed by atoms with Gasteiger partial charge in [0.25, 0.3) is 5.91 Å². The fraction of sp³-hybridized carbons (Fsp3) is 0.417. The third kappa shape index (κ3) is 3.85. The third-order valence-corrected chi connectivity index (χ3v) is 2.30. The van der Waals surface area contributed by atoms with Crippen LogP contribution in [0.5, 0.6) is 0 Å². The normalized spacial score (nSPS) is 9.71. The van der Waals surface area contributed by atoms with Crippen molar-refractivity contribution in [1.82, 2.24) is 9.88 Å². The molecule has 0 aliphatic carbocycles. The van der Waals surface area contributed by atoms with Crippen molar-refractivity contribution in [1.29, 1.82) is 5.26 Å². The van der Waals surface area contributed by atoms with Gasteiger partial charge in [0, 0.05) is 33.5 Å². The fourth-order valence-electron chi connectivity index (χ4n) is 1.33. The van der Waals surface area contributed by atoms with Gasteiger partial charge >= 0.3 is 0 Å². The van der Waals surface area contributed by atoms with E-state index in [4.69, 9.17) is 10.00 Å². The smallest absolute Gasteiger partial charge is 0.272 e. The van der Waals surface area contributed by atoms with E-state index in [1.54, 1.807) is 31.2 Å². The Bertz CT molecular complexity index is 409. The number of ether oxygens (including phenoxy) is 1. The topological polar surface area (TPSA) is 66.2 Å². The number of rotatable bonds is 5. The predicted octanol–water partition coefficient (Wildman–Crippen LogP) is 1.06. The van der Waals surface area contributed by atoms with Crippen molar-refractivity contribution in [3.8, 4) is 6.07 Å². The molecule has 0 spiro atoms. The Morgan fingerprint density at radius 3 is 2.88 bits per heavy atom. The molecule has 0 atom stereocenters. The van der Waals surface area contributed by atoms with E-state index in [0.717, 1.165) is 6.42 Å². The van der Waals surface area contributed by atoms with E-state index in [9.17, 15) is 4.79 Å². The summed E-state index contributed by atoms with van der Waals surface area (Å²) in [5, 5.41) is 8.62. The summed E-state index contributed by atoms with van der Waals surface area (Å²) >= 11 is 0. The first-order chi connectivity index (χ1) is 8.19. The van der Waals surface area contributed by atoms with Crippen LogP contribution >= 0.6 is 0 Å². The number of nitriles is 1. The molecule has 90 valence electrons. The molecule has 17 heavy (non-hydrogen) atoms. The van der Waals surface area contributed by atoms with Gasteiger partial charge in [0.2, 0.25) is 0 Å². The van der Waals surface area contributed by atoms with Crippen LogP contribution < -0.4 is 0 Å². The summed E-state index contributed by atoms with van der Waals surface area (Å²) in [5.74, 6) is -0.148. The summed E-state index contributed by atoms with van der Waals surface area (Å²) in [5.41, 5.74) is 0.799. The fourth-order valence-corrected chi connectivity index (χ4v) is 1.33. The molecule has 0 aliphatic rings. The summed E-state index contributed by atoms with van der Waals surface area (Å²) in [7, 11) is 3.35. The maximum absolute atomic E-state index is 11.9. The maximum atomic E-state index is 11.9. The van der Waals surface area contributed by atoms with E-state index in [-0.39, 0.29) is 5.91 Å². The molecular weight excluding hydrogens is 218 g/mol. The highest BCUT2D eigenvalue weighted by molar-refractivity contribution is 5.92. The number of pyridine rings is 1. The summed E-state index contributed by atoms with van der Waals surface area (Å²) in [6, 6.07) is 5.11. The molecule has 0 aromatic carbocycles. The van der Waals surface area contributed by atoms with E-state index in [1.807, 2.05) is 6.07 Å². The predicted molar refractivity (Wildman–Crippen MR) is 62.4 cm³/mol. The van der Waals surface area contributed by atoms with Crippen molar-refractivity contribution in [3.05, 3.63) is 29.6 Å². The Balaban J connectivity index is 2.59. The third-order valence-electron chi connectivity index (χ3n) is 2.30. The molecular formula is C12H15N3O2. The first kappa shape index (κ1) is 13.1. The summed E-state index contributed by atoms with van der Waals surface area (Å²) in [4.78, 5) is 17.4. The van der Waals surface area contributed by atoms with Gasteiger partial charge in [-0.05, 0) is 18.6 Å². The molecule has 0 N–H and O–H groups in total. The van der Waals surface area contributed by atoms with Gasteiger partial charge in [0.15, 0.2) is 0 Å². The van der Waals surface area contributed by atoms with Crippen LogP contribution in [0, 0.1) is 11.3 Å². The number of methoxy groups -OCH3 is 1. The lowest BCUT2D eigenvalue weighted by molar-refractivity contribution is 0.0773. The zero-order chi connectivity index (χ0) is 12.7. The van der Waals surface area contributed by atoms with Gasteiger partial charge in [0.05, 0.1) is 5.56 Å². The van der Waals surface area contributed by atoms with Crippen molar-refractivity contribution in [3.63, 3.8) is 0 Å². The Kier molecular flexibility index (Phi) is 5.11. The van der Waals surface area contributed by atoms with Crippen molar-refractivity contribution >= 4 is 5.91 Å². The highest BCUT2D eigenvalue weighted by atomic mass is 16.5. The Morgan fingerprint density at radius 2 is 2.35 bits per heavy atom. The van der Waals surface area contributed by atoms with Crippen LogP contribution in [0.2, 0.25) is 0 Å². The molecule has 0 radical (unpaired) electrons. The van der Waals surface area contributed by atoms with Crippen LogP contribution in [-0.4, -0.2) is 43.1 Å². The molecule has 1 aromatic rings. The van der Waals surface area contributed by atoms with E-state index in [0.29, 0.717) is 24.4 Å². The molecule has 0 fully saturated rings. The lowest BCUT2D eigenvalue weighted by Crippen LogP contribution is -2.29. The lowest BCUT2D eigenvalue weighted by atomic mass is 10.2. The van der Waals surface area contributed by atoms with Crippen LogP contribution in [0.25, 0.3) is 0 Å². The molecule has 1 heterocycles. The van der Waals surface area contributed by atoms with Crippen LogP contribution in [0.15, 0.2) is 18.3 Å². The summed E-state index contributed by atoms with van der Waals surface area (Å²) in [6.07, 6.45) is 2.19. The average molecular weight is 233 g/mol. The first-order valence-corrected chi connectivity index (χ1v) is 5.29. The van der Waals surface area contributed by atoms with Gasteiger partial charge in [-0.3, -0.25) is 4.79 Å². The molecule has 0 unspecified atom stereocenters. The Morgan fingerprint density at radius 1 is 1.59 bits per heavy atom. The minimum Gasteiger partial charge on any atom is -0.385 e. The van der Waals surface area contributed by atoms with Crippen LogP contribution in [0.4, 0.5) is 0 Å². The minimum atomic E-state index is -0.148. The number of hydrogen-bond acceptors (Lipinski definition) is 4. The largest absolute Gasteiger partial charge is 0.385 e. The van der Waals surface area contributed by atoms with Gasteiger partial charge in [-0.2, -0.15) is 5.26 Å². The molecule has 0 aliphatic heterocycles. The highest BCUT2D eigenvalue weighted by Gasteiger charge is 2.12. The quantitative estimate of drug-likeness (QED) is 0.713. The zero-order valence-corrected chi connectivity index (χ0v) is 10.0. The van der Waals surface area contributed by atoms with Crippen molar-refractivity contribution < 1.29 is 9.53 Å². The molecule has 5 nitrogen and oxygen atoms in total. The molecule has 1 rings (SSSR count). The van der Waals surface area contributed by atoms with Gasteiger partial charge in [-0.1, -0.05) is 0 Å². The molecule has 0 bridgehead atoms. The van der Waals surface area contributed by atoms with Crippen LogP contribution in [0.1, 0.15) is 22.5 Å². The van der Waals surface area contributed by atoms with Crippen LogP contribution in [0.3, 0.4) is 0 Å². The average Bonchev–Trinajstić information content (AvgIpc) is 2.38. The monoisotopic (exact) mass is 233 g/mol. The second-order valence-corrected chi connectivity index (χ2v) is 3.62. The number of amides is 1.